The Labute approximate surface area is 122 Å². The summed E-state index contributed by atoms with van der Waals surface area (Å²) in [4.78, 5) is 0. The number of alkyl halides is 3. The van der Waals surface area contributed by atoms with Gasteiger partial charge in [-0.25, -0.2) is 0 Å². The molecule has 0 saturated carbocycles. The van der Waals surface area contributed by atoms with Gasteiger partial charge in [-0.3, -0.25) is 0 Å². The van der Waals surface area contributed by atoms with E-state index in [4.69, 9.17) is 4.74 Å². The van der Waals surface area contributed by atoms with E-state index in [0.717, 1.165) is 10.0 Å². The Morgan fingerprint density at radius 2 is 1.50 bits per heavy atom. The molecular formula is C14H10BrF3O2. The second kappa shape index (κ2) is 6.17. The fourth-order valence-electron chi connectivity index (χ4n) is 1.55. The van der Waals surface area contributed by atoms with Crippen molar-refractivity contribution in [2.24, 2.45) is 0 Å². The molecule has 0 radical (unpaired) electrons. The lowest BCUT2D eigenvalue weighted by Crippen LogP contribution is -2.17. The van der Waals surface area contributed by atoms with Gasteiger partial charge in [0.15, 0.2) is 11.5 Å². The molecule has 0 aliphatic heterocycles. The van der Waals surface area contributed by atoms with Crippen LogP contribution in [0.15, 0.2) is 53.0 Å². The summed E-state index contributed by atoms with van der Waals surface area (Å²) in [6.07, 6.45) is -4.74. The molecule has 2 rings (SSSR count). The number of hydrogen-bond donors (Lipinski definition) is 0. The Hall–Kier alpha value is -1.69. The maximum absolute atomic E-state index is 12.3. The van der Waals surface area contributed by atoms with Crippen LogP contribution in [0, 0.1) is 0 Å². The molecule has 0 amide bonds. The highest BCUT2D eigenvalue weighted by molar-refractivity contribution is 9.10. The molecule has 2 aromatic carbocycles. The lowest BCUT2D eigenvalue weighted by Gasteiger charge is -2.14. The fourth-order valence-corrected chi connectivity index (χ4v) is 1.95. The van der Waals surface area contributed by atoms with Crippen molar-refractivity contribution >= 4 is 15.9 Å². The monoisotopic (exact) mass is 346 g/mol. The highest BCUT2D eigenvalue weighted by atomic mass is 79.9. The van der Waals surface area contributed by atoms with E-state index in [1.165, 1.54) is 18.2 Å². The van der Waals surface area contributed by atoms with Gasteiger partial charge in [0.25, 0.3) is 0 Å². The van der Waals surface area contributed by atoms with Crippen molar-refractivity contribution in [1.29, 1.82) is 0 Å². The molecule has 6 heteroatoms. The van der Waals surface area contributed by atoms with Crippen molar-refractivity contribution in [2.75, 3.05) is 0 Å². The third-order valence-corrected chi connectivity index (χ3v) is 3.19. The van der Waals surface area contributed by atoms with Gasteiger partial charge in [0.1, 0.15) is 6.61 Å². The van der Waals surface area contributed by atoms with Crippen molar-refractivity contribution in [1.82, 2.24) is 0 Å². The van der Waals surface area contributed by atoms with E-state index in [1.807, 2.05) is 24.3 Å². The van der Waals surface area contributed by atoms with Crippen LogP contribution in [-0.2, 0) is 6.61 Å². The maximum atomic E-state index is 12.3. The third kappa shape index (κ3) is 4.16. The van der Waals surface area contributed by atoms with E-state index < -0.39 is 6.36 Å². The zero-order valence-corrected chi connectivity index (χ0v) is 11.7. The average molecular weight is 347 g/mol. The summed E-state index contributed by atoms with van der Waals surface area (Å²) < 4.78 is 46.9. The van der Waals surface area contributed by atoms with Crippen LogP contribution in [0.1, 0.15) is 5.56 Å². The van der Waals surface area contributed by atoms with E-state index in [0.29, 0.717) is 0 Å². The molecule has 0 spiro atoms. The molecule has 0 unspecified atom stereocenters. The van der Waals surface area contributed by atoms with Crippen LogP contribution in [-0.4, -0.2) is 6.36 Å². The molecule has 0 fully saturated rings. The van der Waals surface area contributed by atoms with Gasteiger partial charge in [0, 0.05) is 10.0 Å². The number of rotatable bonds is 4. The number of benzene rings is 2. The summed E-state index contributed by atoms with van der Waals surface area (Å²) in [7, 11) is 0. The first-order valence-electron chi connectivity index (χ1n) is 5.67. The molecule has 0 bridgehead atoms. The number of para-hydroxylation sites is 2. The summed E-state index contributed by atoms with van der Waals surface area (Å²) >= 11 is 3.35. The van der Waals surface area contributed by atoms with Crippen LogP contribution in [0.3, 0.4) is 0 Å². The highest BCUT2D eigenvalue weighted by Crippen LogP contribution is 2.32. The minimum absolute atomic E-state index is 0.0422. The summed E-state index contributed by atoms with van der Waals surface area (Å²) in [6, 6.07) is 13.0. The fraction of sp³-hybridized carbons (Fsp3) is 0.143. The normalized spacial score (nSPS) is 11.2. The molecule has 106 valence electrons. The minimum atomic E-state index is -4.74. The van der Waals surface area contributed by atoms with Crippen LogP contribution < -0.4 is 9.47 Å². The molecule has 2 aromatic rings. The summed E-state index contributed by atoms with van der Waals surface area (Å²) in [5.74, 6) is -0.312. The van der Waals surface area contributed by atoms with Crippen molar-refractivity contribution < 1.29 is 22.6 Å². The summed E-state index contributed by atoms with van der Waals surface area (Å²) in [5, 5.41) is 0. The summed E-state index contributed by atoms with van der Waals surface area (Å²) in [5.41, 5.74) is 0.828. The second-order valence-electron chi connectivity index (χ2n) is 3.87. The van der Waals surface area contributed by atoms with Crippen molar-refractivity contribution in [3.8, 4) is 11.5 Å². The van der Waals surface area contributed by atoms with Crippen LogP contribution in [0.4, 0.5) is 13.2 Å². The van der Waals surface area contributed by atoms with E-state index in [2.05, 4.69) is 20.7 Å². The zero-order chi connectivity index (χ0) is 14.6. The molecule has 0 aliphatic carbocycles. The Balaban J connectivity index is 2.12. The largest absolute Gasteiger partial charge is 0.573 e. The van der Waals surface area contributed by atoms with Crippen molar-refractivity contribution in [3.05, 3.63) is 58.6 Å². The molecule has 0 N–H and O–H groups in total. The zero-order valence-electron chi connectivity index (χ0n) is 10.2. The van der Waals surface area contributed by atoms with Crippen LogP contribution in [0.5, 0.6) is 11.5 Å². The van der Waals surface area contributed by atoms with E-state index in [9.17, 15) is 13.2 Å². The Bertz CT molecular complexity index is 585. The van der Waals surface area contributed by atoms with E-state index >= 15 is 0 Å². The lowest BCUT2D eigenvalue weighted by molar-refractivity contribution is -0.275. The number of halogens is 4. The molecular weight excluding hydrogens is 337 g/mol. The van der Waals surface area contributed by atoms with Gasteiger partial charge >= 0.3 is 6.36 Å². The van der Waals surface area contributed by atoms with Gasteiger partial charge in [-0.05, 0) is 18.2 Å². The van der Waals surface area contributed by atoms with Gasteiger partial charge in [-0.1, -0.05) is 46.3 Å². The molecule has 0 atom stereocenters. The molecule has 0 aliphatic rings. The predicted octanol–water partition coefficient (Wildman–Crippen LogP) is 4.93. The second-order valence-corrected chi connectivity index (χ2v) is 4.73. The topological polar surface area (TPSA) is 18.5 Å². The summed E-state index contributed by atoms with van der Waals surface area (Å²) in [6.45, 7) is 0.139. The smallest absolute Gasteiger partial charge is 0.485 e. The molecule has 2 nitrogen and oxygen atoms in total. The maximum Gasteiger partial charge on any atom is 0.573 e. The SMILES string of the molecule is FC(F)(F)Oc1ccccc1OCc1ccccc1Br. The Morgan fingerprint density at radius 3 is 2.15 bits per heavy atom. The van der Waals surface area contributed by atoms with Crippen LogP contribution >= 0.6 is 15.9 Å². The molecule has 0 saturated heterocycles. The van der Waals surface area contributed by atoms with E-state index in [1.54, 1.807) is 6.07 Å². The highest BCUT2D eigenvalue weighted by Gasteiger charge is 2.32. The predicted molar refractivity (Wildman–Crippen MR) is 71.6 cm³/mol. The average Bonchev–Trinajstić information content (AvgIpc) is 2.37. The molecule has 0 heterocycles. The van der Waals surface area contributed by atoms with Crippen molar-refractivity contribution in [2.45, 2.75) is 13.0 Å². The van der Waals surface area contributed by atoms with E-state index in [-0.39, 0.29) is 18.1 Å². The minimum Gasteiger partial charge on any atom is -0.485 e. The first kappa shape index (κ1) is 14.7. The van der Waals surface area contributed by atoms with Gasteiger partial charge in [-0.15, -0.1) is 13.2 Å². The van der Waals surface area contributed by atoms with Crippen LogP contribution in [0.25, 0.3) is 0 Å². The lowest BCUT2D eigenvalue weighted by atomic mass is 10.2. The van der Waals surface area contributed by atoms with Gasteiger partial charge in [0.2, 0.25) is 0 Å². The van der Waals surface area contributed by atoms with Crippen LogP contribution in [0.2, 0.25) is 0 Å². The van der Waals surface area contributed by atoms with Gasteiger partial charge in [0.05, 0.1) is 0 Å². The molecule has 0 aromatic heterocycles. The number of ether oxygens (including phenoxy) is 2. The Kier molecular flexibility index (Phi) is 4.54. The molecule has 20 heavy (non-hydrogen) atoms. The number of hydrogen-bond acceptors (Lipinski definition) is 2. The first-order valence-corrected chi connectivity index (χ1v) is 6.46. The van der Waals surface area contributed by atoms with Gasteiger partial charge in [-0.2, -0.15) is 0 Å². The Morgan fingerprint density at radius 1 is 0.900 bits per heavy atom. The standard InChI is InChI=1S/C14H10BrF3O2/c15-11-6-2-1-5-10(11)9-19-12-7-3-4-8-13(12)20-14(16,17)18/h1-8H,9H2. The quantitative estimate of drug-likeness (QED) is 0.781. The van der Waals surface area contributed by atoms with Crippen molar-refractivity contribution in [3.63, 3.8) is 0 Å². The first-order chi connectivity index (χ1) is 9.46. The van der Waals surface area contributed by atoms with Gasteiger partial charge < -0.3 is 9.47 Å². The third-order valence-electron chi connectivity index (χ3n) is 2.42.